The average Bonchev–Trinajstić information content (AvgIpc) is 2.44. The fourth-order valence-corrected chi connectivity index (χ4v) is 2.71. The molecule has 0 saturated heterocycles. The van der Waals surface area contributed by atoms with E-state index < -0.39 is 6.35 Å². The third-order valence-corrected chi connectivity index (χ3v) is 3.63. The minimum atomic E-state index is -0.896. The molecular formula is C15H15ClN2O2. The predicted octanol–water partition coefficient (Wildman–Crippen LogP) is 2.38. The van der Waals surface area contributed by atoms with Gasteiger partial charge in [0.2, 0.25) is 6.35 Å². The second-order valence-electron chi connectivity index (χ2n) is 4.69. The third kappa shape index (κ3) is 2.32. The molecule has 3 rings (SSSR count). The van der Waals surface area contributed by atoms with E-state index in [0.29, 0.717) is 18.3 Å². The molecule has 1 atom stereocenters. The molecule has 0 spiro atoms. The van der Waals surface area contributed by atoms with E-state index in [1.165, 1.54) is 5.56 Å². The summed E-state index contributed by atoms with van der Waals surface area (Å²) in [6, 6.07) is 5.94. The lowest BCUT2D eigenvalue weighted by molar-refractivity contribution is 0.0515. The molecule has 0 bridgehead atoms. The first-order chi connectivity index (χ1) is 9.69. The molecule has 104 valence electrons. The van der Waals surface area contributed by atoms with Crippen LogP contribution in [0.3, 0.4) is 0 Å². The van der Waals surface area contributed by atoms with Crippen LogP contribution in [-0.2, 0) is 6.42 Å². The van der Waals surface area contributed by atoms with E-state index in [9.17, 15) is 5.11 Å². The van der Waals surface area contributed by atoms with Crippen molar-refractivity contribution < 1.29 is 9.84 Å². The highest BCUT2D eigenvalue weighted by Gasteiger charge is 2.28. The zero-order chi connectivity index (χ0) is 14.1. The van der Waals surface area contributed by atoms with Crippen molar-refractivity contribution in [2.75, 3.05) is 13.2 Å². The summed E-state index contributed by atoms with van der Waals surface area (Å²) in [4.78, 5) is 5.80. The van der Waals surface area contributed by atoms with Gasteiger partial charge in [-0.3, -0.25) is 0 Å². The Labute approximate surface area is 122 Å². The fraction of sp³-hybridized carbons (Fsp3) is 0.267. The Morgan fingerprint density at radius 1 is 1.55 bits per heavy atom. The number of aliphatic hydroxyl groups excluding tert-OH is 1. The van der Waals surface area contributed by atoms with E-state index in [1.807, 2.05) is 23.1 Å². The molecule has 0 aliphatic carbocycles. The van der Waals surface area contributed by atoms with E-state index >= 15 is 0 Å². The van der Waals surface area contributed by atoms with Crippen molar-refractivity contribution in [2.45, 2.75) is 12.8 Å². The Balaban J connectivity index is 1.97. The van der Waals surface area contributed by atoms with Crippen LogP contribution in [0.2, 0.25) is 0 Å². The smallest absolute Gasteiger partial charge is 0.227 e. The van der Waals surface area contributed by atoms with Crippen LogP contribution in [0.5, 0.6) is 5.75 Å². The van der Waals surface area contributed by atoms with Gasteiger partial charge in [0.05, 0.1) is 5.70 Å². The Hall–Kier alpha value is -1.78. The summed E-state index contributed by atoms with van der Waals surface area (Å²) in [7, 11) is 0. The van der Waals surface area contributed by atoms with Gasteiger partial charge in [-0.25, -0.2) is 4.99 Å². The summed E-state index contributed by atoms with van der Waals surface area (Å²) < 4.78 is 5.55. The zero-order valence-electron chi connectivity index (χ0n) is 10.9. The standard InChI is InChI=1S/C15H15ClN2O2/c1-2-7-20-11-3-4-12-10(8-11)5-6-18-13(12)9-14(16)17-15(18)19/h2-4,8-9,15,19H,1,5-7H2. The monoisotopic (exact) mass is 290 g/mol. The van der Waals surface area contributed by atoms with Gasteiger partial charge >= 0.3 is 0 Å². The lowest BCUT2D eigenvalue weighted by Gasteiger charge is -2.37. The lowest BCUT2D eigenvalue weighted by atomic mass is 9.95. The zero-order valence-corrected chi connectivity index (χ0v) is 11.7. The Bertz CT molecular complexity index is 610. The second kappa shape index (κ2) is 5.31. The third-order valence-electron chi connectivity index (χ3n) is 3.43. The molecule has 2 aliphatic heterocycles. The number of halogens is 1. The van der Waals surface area contributed by atoms with Crippen molar-refractivity contribution >= 4 is 22.5 Å². The fourth-order valence-electron chi connectivity index (χ4n) is 2.52. The highest BCUT2D eigenvalue weighted by atomic mass is 35.5. The summed E-state index contributed by atoms with van der Waals surface area (Å²) in [5, 5.41) is 10.3. The van der Waals surface area contributed by atoms with Gasteiger partial charge in [0.1, 0.15) is 17.5 Å². The quantitative estimate of drug-likeness (QED) is 0.869. The molecule has 2 heterocycles. The van der Waals surface area contributed by atoms with Gasteiger partial charge in [0.15, 0.2) is 0 Å². The van der Waals surface area contributed by atoms with Gasteiger partial charge in [-0.1, -0.05) is 24.3 Å². The second-order valence-corrected chi connectivity index (χ2v) is 5.08. The van der Waals surface area contributed by atoms with Crippen LogP contribution in [0.4, 0.5) is 0 Å². The molecule has 4 nitrogen and oxygen atoms in total. The van der Waals surface area contributed by atoms with Gasteiger partial charge in [-0.05, 0) is 36.3 Å². The maximum atomic E-state index is 9.95. The molecule has 0 aromatic heterocycles. The van der Waals surface area contributed by atoms with E-state index in [1.54, 1.807) is 12.2 Å². The van der Waals surface area contributed by atoms with E-state index in [4.69, 9.17) is 16.3 Å². The predicted molar refractivity (Wildman–Crippen MR) is 79.8 cm³/mol. The first kappa shape index (κ1) is 13.2. The molecule has 0 radical (unpaired) electrons. The van der Waals surface area contributed by atoms with Crippen LogP contribution in [0.15, 0.2) is 41.9 Å². The van der Waals surface area contributed by atoms with Crippen molar-refractivity contribution in [1.29, 1.82) is 0 Å². The SMILES string of the molecule is C=CCOc1ccc2c(c1)CCN1C2=CC(Cl)=NC1O. The molecule has 0 amide bonds. The van der Waals surface area contributed by atoms with Crippen LogP contribution in [0.25, 0.3) is 5.70 Å². The van der Waals surface area contributed by atoms with Crippen molar-refractivity contribution in [2.24, 2.45) is 4.99 Å². The molecule has 0 fully saturated rings. The normalized spacial score (nSPS) is 20.5. The largest absolute Gasteiger partial charge is 0.490 e. The van der Waals surface area contributed by atoms with Gasteiger partial charge in [0.25, 0.3) is 0 Å². The number of allylic oxidation sites excluding steroid dienone is 1. The molecule has 1 N–H and O–H groups in total. The van der Waals surface area contributed by atoms with Crippen LogP contribution in [0.1, 0.15) is 11.1 Å². The highest BCUT2D eigenvalue weighted by molar-refractivity contribution is 6.69. The van der Waals surface area contributed by atoms with E-state index in [-0.39, 0.29) is 0 Å². The first-order valence-corrected chi connectivity index (χ1v) is 6.83. The van der Waals surface area contributed by atoms with Gasteiger partial charge in [-0.15, -0.1) is 0 Å². The van der Waals surface area contributed by atoms with Gasteiger partial charge in [-0.2, -0.15) is 0 Å². The van der Waals surface area contributed by atoms with Crippen molar-refractivity contribution in [3.05, 3.63) is 48.1 Å². The number of hydrogen-bond donors (Lipinski definition) is 1. The number of rotatable bonds is 3. The van der Waals surface area contributed by atoms with Crippen molar-refractivity contribution in [3.63, 3.8) is 0 Å². The number of aliphatic imine (C=N–C) groups is 1. The first-order valence-electron chi connectivity index (χ1n) is 6.46. The number of benzene rings is 1. The molecule has 5 heteroatoms. The molecular weight excluding hydrogens is 276 g/mol. The van der Waals surface area contributed by atoms with E-state index in [0.717, 1.165) is 23.4 Å². The number of hydrogen-bond acceptors (Lipinski definition) is 4. The number of aliphatic hydroxyl groups is 1. The van der Waals surface area contributed by atoms with Crippen LogP contribution >= 0.6 is 11.6 Å². The molecule has 1 aromatic carbocycles. The minimum absolute atomic E-state index is 0.323. The molecule has 20 heavy (non-hydrogen) atoms. The number of nitrogens with zero attached hydrogens (tertiary/aromatic N) is 2. The van der Waals surface area contributed by atoms with Crippen LogP contribution < -0.4 is 4.74 Å². The molecule has 1 aromatic rings. The Kier molecular flexibility index (Phi) is 3.51. The van der Waals surface area contributed by atoms with Gasteiger partial charge in [0, 0.05) is 12.1 Å². The van der Waals surface area contributed by atoms with Crippen molar-refractivity contribution in [1.82, 2.24) is 4.90 Å². The highest BCUT2D eigenvalue weighted by Crippen LogP contribution is 2.34. The van der Waals surface area contributed by atoms with Crippen molar-refractivity contribution in [3.8, 4) is 5.75 Å². The summed E-state index contributed by atoms with van der Waals surface area (Å²) in [6.07, 6.45) is 3.45. The summed E-state index contributed by atoms with van der Waals surface area (Å²) in [5.74, 6) is 0.828. The Morgan fingerprint density at radius 2 is 2.40 bits per heavy atom. The maximum absolute atomic E-state index is 9.95. The lowest BCUT2D eigenvalue weighted by Crippen LogP contribution is -2.39. The van der Waals surface area contributed by atoms with Crippen LogP contribution in [-0.4, -0.2) is 34.7 Å². The Morgan fingerprint density at radius 3 is 3.20 bits per heavy atom. The molecule has 2 aliphatic rings. The summed E-state index contributed by atoms with van der Waals surface area (Å²) in [5.41, 5.74) is 3.16. The summed E-state index contributed by atoms with van der Waals surface area (Å²) in [6.45, 7) is 4.84. The average molecular weight is 291 g/mol. The topological polar surface area (TPSA) is 45.1 Å². The van der Waals surface area contributed by atoms with Gasteiger partial charge < -0.3 is 14.7 Å². The summed E-state index contributed by atoms with van der Waals surface area (Å²) >= 11 is 5.95. The maximum Gasteiger partial charge on any atom is 0.227 e. The minimum Gasteiger partial charge on any atom is -0.490 e. The number of fused-ring (bicyclic) bond motifs is 3. The van der Waals surface area contributed by atoms with E-state index in [2.05, 4.69) is 11.6 Å². The molecule has 0 saturated carbocycles. The number of ether oxygens (including phenoxy) is 1. The van der Waals surface area contributed by atoms with Crippen LogP contribution in [0, 0.1) is 0 Å². The molecule has 1 unspecified atom stereocenters.